The van der Waals surface area contributed by atoms with Crippen LogP contribution in [0.25, 0.3) is 0 Å². The van der Waals surface area contributed by atoms with Gasteiger partial charge in [-0.25, -0.2) is 0 Å². The monoisotopic (exact) mass is 247 g/mol. The minimum absolute atomic E-state index is 0.157. The minimum atomic E-state index is -0.420. The molecule has 0 spiro atoms. The SMILES string of the molecule is CN1C(=O)C(C)(C)c2cc(CCCCO)ccc21. The second-order valence-corrected chi connectivity index (χ2v) is 5.52. The number of fused-ring (bicyclic) bond motifs is 1. The maximum atomic E-state index is 12.1. The van der Waals surface area contributed by atoms with E-state index in [0.717, 1.165) is 30.5 Å². The zero-order valence-electron chi connectivity index (χ0n) is 11.4. The summed E-state index contributed by atoms with van der Waals surface area (Å²) in [5.41, 5.74) is 2.97. The van der Waals surface area contributed by atoms with Crippen molar-refractivity contribution in [2.24, 2.45) is 0 Å². The van der Waals surface area contributed by atoms with Gasteiger partial charge in [0.25, 0.3) is 0 Å². The summed E-state index contributed by atoms with van der Waals surface area (Å²) < 4.78 is 0. The van der Waals surface area contributed by atoms with Crippen molar-refractivity contribution >= 4 is 11.6 Å². The lowest BCUT2D eigenvalue weighted by molar-refractivity contribution is -0.121. The summed E-state index contributed by atoms with van der Waals surface area (Å²) in [6.07, 6.45) is 2.78. The molecular formula is C15H21NO2. The van der Waals surface area contributed by atoms with Gasteiger partial charge in [0.05, 0.1) is 5.41 Å². The number of anilines is 1. The predicted molar refractivity (Wildman–Crippen MR) is 72.9 cm³/mol. The summed E-state index contributed by atoms with van der Waals surface area (Å²) in [7, 11) is 1.83. The highest BCUT2D eigenvalue weighted by Gasteiger charge is 2.41. The molecule has 1 N–H and O–H groups in total. The summed E-state index contributed by atoms with van der Waals surface area (Å²) in [6, 6.07) is 6.27. The molecule has 1 aliphatic rings. The molecule has 0 radical (unpaired) electrons. The van der Waals surface area contributed by atoms with E-state index in [1.807, 2.05) is 27.0 Å². The van der Waals surface area contributed by atoms with E-state index in [1.54, 1.807) is 4.90 Å². The van der Waals surface area contributed by atoms with Crippen LogP contribution in [-0.2, 0) is 16.6 Å². The standard InChI is InChI=1S/C15H21NO2/c1-15(2)12-10-11(6-4-5-9-17)7-8-13(12)16(3)14(15)18/h7-8,10,17H,4-6,9H2,1-3H3. The summed E-state index contributed by atoms with van der Waals surface area (Å²) in [6.45, 7) is 4.21. The Hall–Kier alpha value is -1.35. The first-order valence-corrected chi connectivity index (χ1v) is 6.51. The molecule has 0 bridgehead atoms. The maximum Gasteiger partial charge on any atom is 0.236 e. The van der Waals surface area contributed by atoms with Gasteiger partial charge in [-0.1, -0.05) is 12.1 Å². The van der Waals surface area contributed by atoms with Gasteiger partial charge in [-0.3, -0.25) is 4.79 Å². The highest BCUT2D eigenvalue weighted by molar-refractivity contribution is 6.07. The molecule has 0 atom stereocenters. The summed E-state index contributed by atoms with van der Waals surface area (Å²) in [5, 5.41) is 8.80. The number of likely N-dealkylation sites (N-methyl/N-ethyl adjacent to an activating group) is 1. The van der Waals surface area contributed by atoms with Crippen LogP contribution in [-0.4, -0.2) is 24.7 Å². The average molecular weight is 247 g/mol. The fourth-order valence-corrected chi connectivity index (χ4v) is 2.62. The van der Waals surface area contributed by atoms with Crippen LogP contribution in [0.4, 0.5) is 5.69 Å². The van der Waals surface area contributed by atoms with Crippen molar-refractivity contribution in [1.82, 2.24) is 0 Å². The molecule has 1 aromatic carbocycles. The van der Waals surface area contributed by atoms with Gasteiger partial charge in [-0.2, -0.15) is 0 Å². The zero-order valence-corrected chi connectivity index (χ0v) is 11.4. The lowest BCUT2D eigenvalue weighted by Crippen LogP contribution is -2.33. The van der Waals surface area contributed by atoms with Crippen LogP contribution in [0.1, 0.15) is 37.8 Å². The van der Waals surface area contributed by atoms with E-state index >= 15 is 0 Å². The molecule has 18 heavy (non-hydrogen) atoms. The molecule has 1 aliphatic heterocycles. The average Bonchev–Trinajstić information content (AvgIpc) is 2.52. The quantitative estimate of drug-likeness (QED) is 0.829. The van der Waals surface area contributed by atoms with Gasteiger partial charge < -0.3 is 10.0 Å². The number of nitrogens with zero attached hydrogens (tertiary/aromatic N) is 1. The van der Waals surface area contributed by atoms with Crippen LogP contribution < -0.4 is 4.90 Å². The topological polar surface area (TPSA) is 40.5 Å². The number of hydrogen-bond donors (Lipinski definition) is 1. The first-order chi connectivity index (χ1) is 8.48. The molecular weight excluding hydrogens is 226 g/mol. The van der Waals surface area contributed by atoms with Crippen LogP contribution in [0, 0.1) is 0 Å². The molecule has 0 unspecified atom stereocenters. The second-order valence-electron chi connectivity index (χ2n) is 5.52. The number of amides is 1. The van der Waals surface area contributed by atoms with Crippen molar-refractivity contribution in [2.45, 2.75) is 38.5 Å². The third-order valence-electron chi connectivity index (χ3n) is 3.81. The Kier molecular flexibility index (Phi) is 3.44. The summed E-state index contributed by atoms with van der Waals surface area (Å²) >= 11 is 0. The molecule has 0 saturated carbocycles. The molecule has 1 heterocycles. The van der Waals surface area contributed by atoms with Crippen molar-refractivity contribution in [3.05, 3.63) is 29.3 Å². The van der Waals surface area contributed by atoms with E-state index in [4.69, 9.17) is 5.11 Å². The predicted octanol–water partition coefficient (Wildman–Crippen LogP) is 2.26. The molecule has 0 aromatic heterocycles. The number of aliphatic hydroxyl groups is 1. The number of carbonyl (C=O) groups is 1. The number of unbranched alkanes of at least 4 members (excludes halogenated alkanes) is 1. The Bertz CT molecular complexity index is 466. The van der Waals surface area contributed by atoms with Gasteiger partial charge in [0.1, 0.15) is 0 Å². The van der Waals surface area contributed by atoms with E-state index in [1.165, 1.54) is 5.56 Å². The van der Waals surface area contributed by atoms with Gasteiger partial charge in [-0.15, -0.1) is 0 Å². The molecule has 1 amide bonds. The first kappa shape index (κ1) is 13.1. The number of hydrogen-bond acceptors (Lipinski definition) is 2. The van der Waals surface area contributed by atoms with Gasteiger partial charge in [0.15, 0.2) is 0 Å². The minimum Gasteiger partial charge on any atom is -0.396 e. The smallest absolute Gasteiger partial charge is 0.236 e. The van der Waals surface area contributed by atoms with Crippen LogP contribution in [0.2, 0.25) is 0 Å². The fraction of sp³-hybridized carbons (Fsp3) is 0.533. The van der Waals surface area contributed by atoms with E-state index in [2.05, 4.69) is 12.1 Å². The molecule has 0 fully saturated rings. The third kappa shape index (κ3) is 2.03. The van der Waals surface area contributed by atoms with Crippen molar-refractivity contribution in [3.63, 3.8) is 0 Å². The highest BCUT2D eigenvalue weighted by atomic mass is 16.2. The molecule has 3 nitrogen and oxygen atoms in total. The van der Waals surface area contributed by atoms with Crippen LogP contribution in [0.3, 0.4) is 0 Å². The first-order valence-electron chi connectivity index (χ1n) is 6.51. The van der Waals surface area contributed by atoms with E-state index in [0.29, 0.717) is 0 Å². The molecule has 3 heteroatoms. The van der Waals surface area contributed by atoms with E-state index in [9.17, 15) is 4.79 Å². The number of aliphatic hydroxyl groups excluding tert-OH is 1. The molecule has 98 valence electrons. The number of benzene rings is 1. The lowest BCUT2D eigenvalue weighted by Gasteiger charge is -2.16. The fourth-order valence-electron chi connectivity index (χ4n) is 2.62. The van der Waals surface area contributed by atoms with Crippen molar-refractivity contribution < 1.29 is 9.90 Å². The van der Waals surface area contributed by atoms with Gasteiger partial charge in [-0.05, 0) is 50.3 Å². The lowest BCUT2D eigenvalue weighted by atomic mass is 9.85. The van der Waals surface area contributed by atoms with Crippen LogP contribution in [0.15, 0.2) is 18.2 Å². The van der Waals surface area contributed by atoms with Crippen molar-refractivity contribution in [3.8, 4) is 0 Å². The normalized spacial score (nSPS) is 17.1. The Labute approximate surface area is 108 Å². The molecule has 2 rings (SSSR count). The molecule has 0 aliphatic carbocycles. The van der Waals surface area contributed by atoms with E-state index < -0.39 is 5.41 Å². The zero-order chi connectivity index (χ0) is 13.3. The van der Waals surface area contributed by atoms with Crippen molar-refractivity contribution in [2.75, 3.05) is 18.6 Å². The highest BCUT2D eigenvalue weighted by Crippen LogP contribution is 2.41. The Morgan fingerprint density at radius 3 is 2.67 bits per heavy atom. The third-order valence-corrected chi connectivity index (χ3v) is 3.81. The van der Waals surface area contributed by atoms with Gasteiger partial charge >= 0.3 is 0 Å². The Balaban J connectivity index is 2.27. The molecule has 1 aromatic rings. The number of rotatable bonds is 4. The summed E-state index contributed by atoms with van der Waals surface area (Å²) in [4.78, 5) is 13.9. The van der Waals surface area contributed by atoms with Crippen LogP contribution >= 0.6 is 0 Å². The summed E-state index contributed by atoms with van der Waals surface area (Å²) in [5.74, 6) is 0.157. The number of aryl methyl sites for hydroxylation is 1. The van der Waals surface area contributed by atoms with Crippen molar-refractivity contribution in [1.29, 1.82) is 0 Å². The van der Waals surface area contributed by atoms with Gasteiger partial charge in [0.2, 0.25) is 5.91 Å². The number of carbonyl (C=O) groups excluding carboxylic acids is 1. The Morgan fingerprint density at radius 2 is 2.00 bits per heavy atom. The van der Waals surface area contributed by atoms with Gasteiger partial charge in [0, 0.05) is 19.3 Å². The maximum absolute atomic E-state index is 12.1. The van der Waals surface area contributed by atoms with E-state index in [-0.39, 0.29) is 12.5 Å². The largest absolute Gasteiger partial charge is 0.396 e. The second kappa shape index (κ2) is 4.73. The Morgan fingerprint density at radius 1 is 1.28 bits per heavy atom. The van der Waals surface area contributed by atoms with Crippen LogP contribution in [0.5, 0.6) is 0 Å². The molecule has 0 saturated heterocycles.